The summed E-state index contributed by atoms with van der Waals surface area (Å²) in [5.41, 5.74) is -0.0662. The lowest BCUT2D eigenvalue weighted by atomic mass is 10.1. The lowest BCUT2D eigenvalue weighted by Crippen LogP contribution is -2.19. The summed E-state index contributed by atoms with van der Waals surface area (Å²) >= 11 is -2.14. The molecule has 0 amide bonds. The number of benzene rings is 1. The summed E-state index contributed by atoms with van der Waals surface area (Å²) in [6.07, 6.45) is 0.177. The van der Waals surface area contributed by atoms with Gasteiger partial charge >= 0.3 is 0 Å². The normalized spacial score (nSPS) is 12.4. The highest BCUT2D eigenvalue weighted by Gasteiger charge is 2.10. The van der Waals surface area contributed by atoms with Crippen LogP contribution in [0.2, 0.25) is 0 Å². The Balaban J connectivity index is 2.68. The molecule has 0 heterocycles. The number of non-ortho nitro benzene ring substituents is 1. The Bertz CT molecular complexity index is 426. The molecule has 1 unspecified atom stereocenters. The van der Waals surface area contributed by atoms with Crippen LogP contribution in [-0.4, -0.2) is 20.2 Å². The molecule has 0 aromatic heterocycles. The highest BCUT2D eigenvalue weighted by atomic mass is 32.2. The molecular formula is C8H9FN2O4S. The minimum atomic E-state index is -2.14. The van der Waals surface area contributed by atoms with Crippen LogP contribution in [0.15, 0.2) is 18.2 Å². The maximum absolute atomic E-state index is 13.3. The van der Waals surface area contributed by atoms with Crippen molar-refractivity contribution in [3.63, 3.8) is 0 Å². The fourth-order valence-electron chi connectivity index (χ4n) is 1.13. The molecule has 2 N–H and O–H groups in total. The van der Waals surface area contributed by atoms with E-state index in [1.54, 1.807) is 0 Å². The Morgan fingerprint density at radius 3 is 2.75 bits per heavy atom. The summed E-state index contributed by atoms with van der Waals surface area (Å²) in [5.74, 6) is -0.695. The van der Waals surface area contributed by atoms with Gasteiger partial charge in [-0.3, -0.25) is 14.7 Å². The highest BCUT2D eigenvalue weighted by molar-refractivity contribution is 7.77. The van der Waals surface area contributed by atoms with Crippen LogP contribution in [0.5, 0.6) is 0 Å². The smallest absolute Gasteiger partial charge is 0.272 e. The maximum atomic E-state index is 13.3. The minimum absolute atomic E-state index is 0.109. The van der Waals surface area contributed by atoms with Crippen molar-refractivity contribution in [3.05, 3.63) is 39.7 Å². The zero-order valence-electron chi connectivity index (χ0n) is 8.05. The first-order valence-corrected chi connectivity index (χ1v) is 5.38. The van der Waals surface area contributed by atoms with E-state index in [0.717, 1.165) is 6.07 Å². The van der Waals surface area contributed by atoms with E-state index in [1.165, 1.54) is 12.1 Å². The molecule has 16 heavy (non-hydrogen) atoms. The number of hydrogen-bond donors (Lipinski definition) is 2. The summed E-state index contributed by atoms with van der Waals surface area (Å²) < 4.78 is 34.1. The topological polar surface area (TPSA) is 92.5 Å². The molecule has 0 saturated carbocycles. The second-order valence-corrected chi connectivity index (χ2v) is 3.71. The quantitative estimate of drug-likeness (QED) is 0.462. The predicted octanol–water partition coefficient (Wildman–Crippen LogP) is 1.00. The second kappa shape index (κ2) is 5.64. The third-order valence-corrected chi connectivity index (χ3v) is 2.32. The van der Waals surface area contributed by atoms with E-state index < -0.39 is 22.0 Å². The van der Waals surface area contributed by atoms with Crippen molar-refractivity contribution >= 4 is 17.0 Å². The van der Waals surface area contributed by atoms with E-state index in [9.17, 15) is 18.7 Å². The molecule has 1 rings (SSSR count). The monoisotopic (exact) mass is 248 g/mol. The van der Waals surface area contributed by atoms with Crippen molar-refractivity contribution in [2.45, 2.75) is 6.42 Å². The van der Waals surface area contributed by atoms with Gasteiger partial charge in [-0.1, -0.05) is 0 Å². The van der Waals surface area contributed by atoms with Crippen LogP contribution in [0, 0.1) is 15.9 Å². The van der Waals surface area contributed by atoms with Crippen LogP contribution < -0.4 is 4.72 Å². The maximum Gasteiger partial charge on any atom is 0.272 e. The average molecular weight is 248 g/mol. The molecule has 1 aromatic carbocycles. The van der Waals surface area contributed by atoms with E-state index in [2.05, 4.69) is 4.72 Å². The van der Waals surface area contributed by atoms with Crippen LogP contribution in [0.25, 0.3) is 0 Å². The largest absolute Gasteiger partial charge is 0.294 e. The number of nitro benzene ring substituents is 1. The number of halogens is 1. The van der Waals surface area contributed by atoms with Crippen molar-refractivity contribution < 1.29 is 18.1 Å². The summed E-state index contributed by atoms with van der Waals surface area (Å²) in [7, 11) is 0. The van der Waals surface area contributed by atoms with Gasteiger partial charge in [0.15, 0.2) is 0 Å². The summed E-state index contributed by atoms with van der Waals surface area (Å²) in [5, 5.41) is 10.3. The minimum Gasteiger partial charge on any atom is -0.294 e. The van der Waals surface area contributed by atoms with Crippen LogP contribution >= 0.6 is 0 Å². The fourth-order valence-corrected chi connectivity index (χ4v) is 1.40. The lowest BCUT2D eigenvalue weighted by Gasteiger charge is -2.02. The zero-order chi connectivity index (χ0) is 12.1. The second-order valence-electron chi connectivity index (χ2n) is 2.93. The van der Waals surface area contributed by atoms with Gasteiger partial charge in [0, 0.05) is 12.6 Å². The molecule has 6 nitrogen and oxygen atoms in total. The molecule has 8 heteroatoms. The Morgan fingerprint density at radius 1 is 1.56 bits per heavy atom. The third kappa shape index (κ3) is 3.65. The molecule has 0 radical (unpaired) electrons. The SMILES string of the molecule is O=[N+]([O-])c1ccc(CCNS(=O)O)c(F)c1. The van der Waals surface area contributed by atoms with Crippen molar-refractivity contribution in [1.29, 1.82) is 0 Å². The van der Waals surface area contributed by atoms with Gasteiger partial charge in [-0.2, -0.15) is 0 Å². The van der Waals surface area contributed by atoms with Crippen molar-refractivity contribution in [2.75, 3.05) is 6.54 Å². The molecule has 0 bridgehead atoms. The Labute approximate surface area is 93.0 Å². The Kier molecular flexibility index (Phi) is 4.47. The average Bonchev–Trinajstić information content (AvgIpc) is 2.19. The molecule has 1 aromatic rings. The van der Waals surface area contributed by atoms with Crippen LogP contribution in [-0.2, 0) is 17.7 Å². The van der Waals surface area contributed by atoms with E-state index >= 15 is 0 Å². The molecule has 0 spiro atoms. The first-order valence-electron chi connectivity index (χ1n) is 4.28. The van der Waals surface area contributed by atoms with Gasteiger partial charge in [-0.15, -0.1) is 0 Å². The number of nitrogens with one attached hydrogen (secondary N) is 1. The van der Waals surface area contributed by atoms with E-state index in [-0.39, 0.29) is 24.2 Å². The Hall–Kier alpha value is -1.38. The van der Waals surface area contributed by atoms with Crippen molar-refractivity contribution in [3.8, 4) is 0 Å². The molecule has 0 aliphatic carbocycles. The van der Waals surface area contributed by atoms with Gasteiger partial charge < -0.3 is 0 Å². The van der Waals surface area contributed by atoms with E-state index in [1.807, 2.05) is 0 Å². The number of nitro groups is 1. The molecular weight excluding hydrogens is 239 g/mol. The highest BCUT2D eigenvalue weighted by Crippen LogP contribution is 2.16. The molecule has 0 fully saturated rings. The van der Waals surface area contributed by atoms with Gasteiger partial charge in [-0.05, 0) is 18.1 Å². The zero-order valence-corrected chi connectivity index (χ0v) is 8.87. The molecule has 1 atom stereocenters. The number of nitrogens with zero attached hydrogens (tertiary/aromatic N) is 1. The predicted molar refractivity (Wildman–Crippen MR) is 55.5 cm³/mol. The fraction of sp³-hybridized carbons (Fsp3) is 0.250. The van der Waals surface area contributed by atoms with Gasteiger partial charge in [-0.25, -0.2) is 13.3 Å². The van der Waals surface area contributed by atoms with Crippen molar-refractivity contribution in [2.24, 2.45) is 0 Å². The van der Waals surface area contributed by atoms with Gasteiger partial charge in [0.25, 0.3) is 5.69 Å². The first-order chi connectivity index (χ1) is 7.50. The lowest BCUT2D eigenvalue weighted by molar-refractivity contribution is -0.385. The van der Waals surface area contributed by atoms with Gasteiger partial charge in [0.1, 0.15) is 5.82 Å². The molecule has 88 valence electrons. The number of hydrogen-bond acceptors (Lipinski definition) is 3. The summed E-state index contributed by atoms with van der Waals surface area (Å²) in [6, 6.07) is 3.30. The third-order valence-electron chi connectivity index (χ3n) is 1.87. The molecule has 0 aliphatic rings. The van der Waals surface area contributed by atoms with Crippen LogP contribution in [0.1, 0.15) is 5.56 Å². The van der Waals surface area contributed by atoms with Crippen LogP contribution in [0.4, 0.5) is 10.1 Å². The van der Waals surface area contributed by atoms with Gasteiger partial charge in [0.05, 0.1) is 11.0 Å². The van der Waals surface area contributed by atoms with Crippen molar-refractivity contribution in [1.82, 2.24) is 4.72 Å². The molecule has 0 saturated heterocycles. The first kappa shape index (κ1) is 12.7. The van der Waals surface area contributed by atoms with E-state index in [0.29, 0.717) is 0 Å². The summed E-state index contributed by atoms with van der Waals surface area (Å²) in [4.78, 5) is 9.63. The van der Waals surface area contributed by atoms with Crippen LogP contribution in [0.3, 0.4) is 0 Å². The van der Waals surface area contributed by atoms with E-state index in [4.69, 9.17) is 4.55 Å². The summed E-state index contributed by atoms with van der Waals surface area (Å²) in [6.45, 7) is 0.109. The Morgan fingerprint density at radius 2 is 2.25 bits per heavy atom. The number of rotatable bonds is 5. The standard InChI is InChI=1S/C8H9FN2O4S/c9-8-5-7(11(12)13)2-1-6(8)3-4-10-16(14)15/h1-2,5,10H,3-4H2,(H,14,15). The van der Waals surface area contributed by atoms with Gasteiger partial charge in [0.2, 0.25) is 11.3 Å². The molecule has 0 aliphatic heterocycles.